The van der Waals surface area contributed by atoms with Crippen LogP contribution < -0.4 is 5.32 Å². The van der Waals surface area contributed by atoms with Gasteiger partial charge in [-0.25, -0.2) is 0 Å². The molecule has 2 aliphatic heterocycles. The van der Waals surface area contributed by atoms with Crippen LogP contribution >= 0.6 is 12.6 Å². The van der Waals surface area contributed by atoms with Crippen LogP contribution in [0.2, 0.25) is 0 Å². The third kappa shape index (κ3) is 4.52. The lowest BCUT2D eigenvalue weighted by Crippen LogP contribution is -2.53. The molecule has 1 fully saturated rings. The first-order valence-electron chi connectivity index (χ1n) is 11.5. The van der Waals surface area contributed by atoms with Gasteiger partial charge in [0, 0.05) is 12.5 Å². The van der Waals surface area contributed by atoms with Gasteiger partial charge in [-0.1, -0.05) is 55.8 Å². The Balaban J connectivity index is 1.71. The Morgan fingerprint density at radius 2 is 1.94 bits per heavy atom. The minimum absolute atomic E-state index is 0.0417. The first-order valence-corrected chi connectivity index (χ1v) is 12.0. The van der Waals surface area contributed by atoms with E-state index in [1.807, 2.05) is 17.9 Å². The lowest BCUT2D eigenvalue weighted by atomic mass is 9.88. The average molecular weight is 437 g/mol. The molecule has 0 bridgehead atoms. The van der Waals surface area contributed by atoms with Gasteiger partial charge in [0.2, 0.25) is 11.8 Å². The van der Waals surface area contributed by atoms with Gasteiger partial charge in [0.25, 0.3) is 0 Å². The average Bonchev–Trinajstić information content (AvgIpc) is 2.90. The highest BCUT2D eigenvalue weighted by Gasteiger charge is 2.41. The van der Waals surface area contributed by atoms with Gasteiger partial charge < -0.3 is 10.2 Å². The lowest BCUT2D eigenvalue weighted by molar-refractivity contribution is -0.141. The highest BCUT2D eigenvalue weighted by Crippen LogP contribution is 2.40. The number of benzene rings is 2. The topological polar surface area (TPSA) is 49.4 Å². The summed E-state index contributed by atoms with van der Waals surface area (Å²) in [6, 6.07) is 16.6. The second-order valence-electron chi connectivity index (χ2n) is 8.89. The molecule has 2 aromatic rings. The van der Waals surface area contributed by atoms with Crippen LogP contribution in [-0.2, 0) is 16.0 Å². The van der Waals surface area contributed by atoms with E-state index in [9.17, 15) is 9.59 Å². The lowest BCUT2D eigenvalue weighted by Gasteiger charge is -2.41. The zero-order valence-electron chi connectivity index (χ0n) is 18.4. The summed E-state index contributed by atoms with van der Waals surface area (Å²) in [6.45, 7) is 4.17. The molecule has 4 unspecified atom stereocenters. The molecule has 31 heavy (non-hydrogen) atoms. The number of carbonyl (C=O) groups excluding carboxylic acids is 2. The number of carbonyl (C=O) groups is 2. The van der Waals surface area contributed by atoms with Crippen LogP contribution in [0.4, 0.5) is 0 Å². The quantitative estimate of drug-likeness (QED) is 0.653. The second kappa shape index (κ2) is 9.47. The van der Waals surface area contributed by atoms with Gasteiger partial charge in [0.1, 0.15) is 6.04 Å². The summed E-state index contributed by atoms with van der Waals surface area (Å²) < 4.78 is 0. The van der Waals surface area contributed by atoms with Gasteiger partial charge >= 0.3 is 0 Å². The van der Waals surface area contributed by atoms with Crippen LogP contribution in [0.3, 0.4) is 0 Å². The number of thiol groups is 1. The highest BCUT2D eigenvalue weighted by molar-refractivity contribution is 7.81. The van der Waals surface area contributed by atoms with E-state index in [0.29, 0.717) is 12.8 Å². The third-order valence-electron chi connectivity index (χ3n) is 6.68. The van der Waals surface area contributed by atoms with Gasteiger partial charge in [-0.15, -0.1) is 0 Å². The van der Waals surface area contributed by atoms with E-state index >= 15 is 0 Å². The van der Waals surface area contributed by atoms with E-state index in [4.69, 9.17) is 0 Å². The molecule has 0 saturated carbocycles. The zero-order valence-corrected chi connectivity index (χ0v) is 19.3. The summed E-state index contributed by atoms with van der Waals surface area (Å²) in [5.74, 6) is -0.103. The van der Waals surface area contributed by atoms with Gasteiger partial charge in [-0.05, 0) is 60.9 Å². The van der Waals surface area contributed by atoms with Crippen LogP contribution in [0, 0.1) is 0 Å². The molecular formula is C26H32N2O2S. The number of amides is 2. The molecule has 0 aliphatic carbocycles. The first-order chi connectivity index (χ1) is 15.0. The molecule has 2 aromatic carbocycles. The zero-order chi connectivity index (χ0) is 22.0. The minimum atomic E-state index is -0.536. The normalized spacial score (nSPS) is 24.0. The van der Waals surface area contributed by atoms with Crippen molar-refractivity contribution in [1.29, 1.82) is 0 Å². The highest BCUT2D eigenvalue weighted by atomic mass is 32.1. The van der Waals surface area contributed by atoms with E-state index in [2.05, 4.69) is 67.3 Å². The maximum Gasteiger partial charge on any atom is 0.246 e. The summed E-state index contributed by atoms with van der Waals surface area (Å²) in [4.78, 5) is 28.4. The fourth-order valence-electron chi connectivity index (χ4n) is 5.04. The standard InChI is InChI=1S/C26H32N2O2S/c1-3-8-24(31)25(29)27-22-16-20-14-13-19(18-10-5-4-6-11-18)15-21(20)23-12-7-9-17(2)28(23)26(22)30/h4-6,10-11,13-15,17,22-24,31H,3,7-9,12,16H2,1-2H3,(H,27,29). The van der Waals surface area contributed by atoms with Crippen LogP contribution in [0.15, 0.2) is 48.5 Å². The second-order valence-corrected chi connectivity index (χ2v) is 9.51. The molecule has 4 atom stereocenters. The summed E-state index contributed by atoms with van der Waals surface area (Å²) >= 11 is 4.44. The van der Waals surface area contributed by atoms with Gasteiger partial charge in [0.05, 0.1) is 11.3 Å². The monoisotopic (exact) mass is 436 g/mol. The Hall–Kier alpha value is -2.27. The first kappa shape index (κ1) is 21.9. The van der Waals surface area contributed by atoms with E-state index in [0.717, 1.165) is 31.2 Å². The van der Waals surface area contributed by atoms with E-state index in [1.54, 1.807) is 0 Å². The van der Waals surface area contributed by atoms with Crippen molar-refractivity contribution >= 4 is 24.4 Å². The number of hydrogen-bond acceptors (Lipinski definition) is 3. The SMILES string of the molecule is CCCC(S)C(=O)NC1Cc2ccc(-c3ccccc3)cc2C2CCCC(C)N2C1=O. The Morgan fingerprint density at radius 3 is 2.68 bits per heavy atom. The summed E-state index contributed by atoms with van der Waals surface area (Å²) in [6.07, 6.45) is 5.19. The van der Waals surface area contributed by atoms with Crippen molar-refractivity contribution in [2.45, 2.75) is 75.7 Å². The number of nitrogens with zero attached hydrogens (tertiary/aromatic N) is 1. The molecule has 0 spiro atoms. The van der Waals surface area contributed by atoms with Crippen molar-refractivity contribution in [1.82, 2.24) is 10.2 Å². The maximum atomic E-state index is 13.6. The summed E-state index contributed by atoms with van der Waals surface area (Å²) in [5.41, 5.74) is 4.74. The van der Waals surface area contributed by atoms with Crippen LogP contribution in [0.1, 0.15) is 63.1 Å². The molecule has 2 amide bonds. The minimum Gasteiger partial charge on any atom is -0.343 e. The molecule has 4 nitrogen and oxygen atoms in total. The van der Waals surface area contributed by atoms with Crippen molar-refractivity contribution in [3.8, 4) is 11.1 Å². The Morgan fingerprint density at radius 1 is 1.16 bits per heavy atom. The molecule has 1 N–H and O–H groups in total. The molecular weight excluding hydrogens is 404 g/mol. The van der Waals surface area contributed by atoms with Crippen LogP contribution in [0.5, 0.6) is 0 Å². The fourth-order valence-corrected chi connectivity index (χ4v) is 5.37. The molecule has 0 aromatic heterocycles. The molecule has 2 aliphatic rings. The van der Waals surface area contributed by atoms with Gasteiger partial charge in [0.15, 0.2) is 0 Å². The molecule has 164 valence electrons. The van der Waals surface area contributed by atoms with Gasteiger partial charge in [-0.3, -0.25) is 9.59 Å². The summed E-state index contributed by atoms with van der Waals surface area (Å²) in [7, 11) is 0. The van der Waals surface area contributed by atoms with E-state index in [1.165, 1.54) is 16.7 Å². The van der Waals surface area contributed by atoms with Crippen molar-refractivity contribution < 1.29 is 9.59 Å². The number of nitrogens with one attached hydrogen (secondary N) is 1. The number of hydrogen-bond donors (Lipinski definition) is 2. The largest absolute Gasteiger partial charge is 0.343 e. The van der Waals surface area contributed by atoms with Crippen molar-refractivity contribution in [3.63, 3.8) is 0 Å². The Kier molecular flexibility index (Phi) is 6.71. The third-order valence-corrected chi connectivity index (χ3v) is 7.17. The van der Waals surface area contributed by atoms with E-state index in [-0.39, 0.29) is 29.1 Å². The Labute approximate surface area is 190 Å². The molecule has 4 rings (SSSR count). The predicted octanol–water partition coefficient (Wildman–Crippen LogP) is 4.94. The molecule has 0 radical (unpaired) electrons. The van der Waals surface area contributed by atoms with Crippen molar-refractivity contribution in [2.75, 3.05) is 0 Å². The molecule has 5 heteroatoms. The van der Waals surface area contributed by atoms with Crippen LogP contribution in [-0.4, -0.2) is 34.0 Å². The Bertz CT molecular complexity index is 946. The van der Waals surface area contributed by atoms with Crippen molar-refractivity contribution in [3.05, 3.63) is 59.7 Å². The molecule has 1 saturated heterocycles. The number of rotatable bonds is 5. The predicted molar refractivity (Wildman–Crippen MR) is 128 cm³/mol. The van der Waals surface area contributed by atoms with Crippen molar-refractivity contribution in [2.24, 2.45) is 0 Å². The number of fused-ring (bicyclic) bond motifs is 3. The summed E-state index contributed by atoms with van der Waals surface area (Å²) in [5, 5.41) is 2.65. The molecule has 2 heterocycles. The maximum absolute atomic E-state index is 13.6. The smallest absolute Gasteiger partial charge is 0.246 e. The van der Waals surface area contributed by atoms with Crippen LogP contribution in [0.25, 0.3) is 11.1 Å². The fraction of sp³-hybridized carbons (Fsp3) is 0.462. The van der Waals surface area contributed by atoms with Gasteiger partial charge in [-0.2, -0.15) is 12.6 Å². The van der Waals surface area contributed by atoms with E-state index < -0.39 is 6.04 Å². The number of piperidine rings is 1.